The van der Waals surface area contributed by atoms with E-state index in [0.29, 0.717) is 13.2 Å². The fraction of sp³-hybridized carbons (Fsp3) is 0.966. The van der Waals surface area contributed by atoms with Crippen molar-refractivity contribution in [3.05, 3.63) is 0 Å². The van der Waals surface area contributed by atoms with Crippen molar-refractivity contribution < 1.29 is 19.1 Å². The lowest BCUT2D eigenvalue weighted by Gasteiger charge is -2.41. The summed E-state index contributed by atoms with van der Waals surface area (Å²) in [6.45, 7) is 23.9. The summed E-state index contributed by atoms with van der Waals surface area (Å²) in [5.74, 6) is 0.111. The molecule has 2 unspecified atom stereocenters. The maximum atomic E-state index is 14.1. The van der Waals surface area contributed by atoms with E-state index >= 15 is 0 Å². The summed E-state index contributed by atoms with van der Waals surface area (Å²) in [6.07, 6.45) is 48.9. The van der Waals surface area contributed by atoms with Gasteiger partial charge in [0.2, 0.25) is 5.91 Å². The van der Waals surface area contributed by atoms with Crippen molar-refractivity contribution in [3.8, 4) is 0 Å². The van der Waals surface area contributed by atoms with Gasteiger partial charge in [0.1, 0.15) is 0 Å². The van der Waals surface area contributed by atoms with Gasteiger partial charge in [-0.15, -0.1) is 0 Å². The predicted molar refractivity (Wildman–Crippen MR) is 293 cm³/mol. The molecule has 0 spiro atoms. The normalized spacial score (nSPS) is 13.8. The van der Waals surface area contributed by atoms with Crippen LogP contribution in [0.5, 0.6) is 0 Å². The summed E-state index contributed by atoms with van der Waals surface area (Å²) < 4.78 is 12.0. The Morgan fingerprint density at radius 1 is 0.485 bits per heavy atom. The van der Waals surface area contributed by atoms with Crippen LogP contribution in [-0.4, -0.2) is 54.4 Å². The van der Waals surface area contributed by atoms with E-state index in [2.05, 4.69) is 79.9 Å². The summed E-state index contributed by atoms with van der Waals surface area (Å²) in [5.41, 5.74) is -1.13. The molecule has 2 atom stereocenters. The van der Waals surface area contributed by atoms with Crippen molar-refractivity contribution >= 4 is 22.9 Å². The topological polar surface area (TPSA) is 76.7 Å². The van der Waals surface area contributed by atoms with Crippen LogP contribution in [0, 0.1) is 10.8 Å². The molecule has 0 aliphatic carbocycles. The third-order valence-electron chi connectivity index (χ3n) is 14.5. The molecule has 0 saturated heterocycles. The second-order valence-electron chi connectivity index (χ2n) is 23.2. The summed E-state index contributed by atoms with van der Waals surface area (Å²) in [4.78, 5) is 27.3. The number of rotatable bonds is 49. The molecule has 2 amide bonds. The van der Waals surface area contributed by atoms with Crippen LogP contribution in [0.2, 0.25) is 0 Å². The van der Waals surface area contributed by atoms with E-state index in [1.807, 2.05) is 0 Å². The average molecular weight is 952 g/mol. The molecule has 0 aliphatic heterocycles. The minimum Gasteiger partial charge on any atom is -0.379 e. The molecule has 0 bridgehead atoms. The molecule has 0 saturated carbocycles. The van der Waals surface area contributed by atoms with E-state index in [0.717, 1.165) is 51.5 Å². The number of carbonyl (C=O) groups is 2. The van der Waals surface area contributed by atoms with Gasteiger partial charge in [-0.2, -0.15) is 0 Å². The smallest absolute Gasteiger partial charge is 0.279 e. The predicted octanol–water partition coefficient (Wildman–Crippen LogP) is 19.1. The fourth-order valence-corrected chi connectivity index (χ4v) is 11.1. The summed E-state index contributed by atoms with van der Waals surface area (Å²) in [7, 11) is 1.76. The highest BCUT2D eigenvalue weighted by Crippen LogP contribution is 2.42. The van der Waals surface area contributed by atoms with Crippen molar-refractivity contribution in [2.45, 2.75) is 330 Å². The zero-order chi connectivity index (χ0) is 49.3. The molecule has 7 heteroatoms. The summed E-state index contributed by atoms with van der Waals surface area (Å²) >= 11 is 1.42. The lowest BCUT2D eigenvalue weighted by atomic mass is 9.68. The number of ether oxygens (including phenoxy) is 2. The molecule has 66 heavy (non-hydrogen) atoms. The summed E-state index contributed by atoms with van der Waals surface area (Å²) in [5, 5.41) is 6.74. The molecule has 0 radical (unpaired) electrons. The number of amides is 2. The maximum absolute atomic E-state index is 14.1. The minimum absolute atomic E-state index is 0.0673. The van der Waals surface area contributed by atoms with Crippen LogP contribution in [-0.2, 0) is 14.3 Å². The zero-order valence-electron chi connectivity index (χ0n) is 46.6. The van der Waals surface area contributed by atoms with E-state index in [9.17, 15) is 9.59 Å². The number of hydrogen-bond donors (Lipinski definition) is 2. The number of hydrogen-bond acceptors (Lipinski definition) is 5. The molecule has 0 fully saturated rings. The van der Waals surface area contributed by atoms with Crippen molar-refractivity contribution in [1.29, 1.82) is 0 Å². The van der Waals surface area contributed by atoms with Gasteiger partial charge in [-0.3, -0.25) is 9.59 Å². The van der Waals surface area contributed by atoms with Gasteiger partial charge in [-0.25, -0.2) is 0 Å². The van der Waals surface area contributed by atoms with Crippen LogP contribution in [0.4, 0.5) is 4.79 Å². The third-order valence-corrected chi connectivity index (χ3v) is 15.6. The molecular weight excluding hydrogens is 833 g/mol. The van der Waals surface area contributed by atoms with Crippen molar-refractivity contribution in [2.24, 2.45) is 10.8 Å². The molecular formula is C59H118N2O4S. The van der Waals surface area contributed by atoms with Crippen LogP contribution in [0.15, 0.2) is 0 Å². The Morgan fingerprint density at radius 3 is 1.24 bits per heavy atom. The first-order chi connectivity index (χ1) is 31.5. The van der Waals surface area contributed by atoms with Crippen LogP contribution < -0.4 is 10.6 Å². The number of carbonyl (C=O) groups excluding carboxylic acids is 2. The Kier molecular flexibility index (Phi) is 41.4. The van der Waals surface area contributed by atoms with Crippen LogP contribution >= 0.6 is 11.8 Å². The quantitative estimate of drug-likeness (QED) is 0.0594. The fourth-order valence-electron chi connectivity index (χ4n) is 10.1. The second-order valence-corrected chi connectivity index (χ2v) is 24.4. The van der Waals surface area contributed by atoms with Gasteiger partial charge in [0.15, 0.2) is 0 Å². The van der Waals surface area contributed by atoms with Crippen molar-refractivity contribution in [1.82, 2.24) is 10.6 Å². The van der Waals surface area contributed by atoms with Crippen LogP contribution in [0.1, 0.15) is 313 Å². The zero-order valence-corrected chi connectivity index (χ0v) is 47.4. The number of methoxy groups -OCH3 is 1. The molecule has 0 aliphatic rings. The van der Waals surface area contributed by atoms with E-state index in [-0.39, 0.29) is 33.0 Å². The van der Waals surface area contributed by atoms with Gasteiger partial charge < -0.3 is 20.1 Å². The highest BCUT2D eigenvalue weighted by atomic mass is 32.2. The number of thioether (sulfide) groups is 1. The van der Waals surface area contributed by atoms with Crippen LogP contribution in [0.3, 0.4) is 0 Å². The van der Waals surface area contributed by atoms with Crippen molar-refractivity contribution in [2.75, 3.05) is 26.8 Å². The first kappa shape index (κ1) is 65.2. The SMILES string of the molecule is CCCCCCCCCCCCCCCCCCCC(CNC(=O)C(C)(CC)CC(C)(C)CC(C)(C)OCCC(C)(C)OC)SC(=O)NCCCCCCCCCCCCCCCCCC. The Morgan fingerprint density at radius 2 is 0.864 bits per heavy atom. The molecule has 0 heterocycles. The van der Waals surface area contributed by atoms with E-state index < -0.39 is 5.41 Å². The lowest BCUT2D eigenvalue weighted by Crippen LogP contribution is -2.45. The molecule has 0 aromatic rings. The first-order valence-electron chi connectivity index (χ1n) is 29.0. The molecule has 394 valence electrons. The standard InChI is InChI=1S/C59H118N2O4S/c1-12-15-17-19-21-23-25-27-29-31-32-34-36-38-40-42-44-46-53(66-55(63)60-48-45-43-41-39-37-35-33-30-28-26-24-22-20-18-16-13-2)50-61-54(62)59(10,14-3)52-56(4,5)51-58(8,9)65-49-47-57(6,7)64-11/h53H,12-52H2,1-11H3,(H,60,63)(H,61,62). The van der Waals surface area contributed by atoms with Crippen LogP contribution in [0.25, 0.3) is 0 Å². The van der Waals surface area contributed by atoms with Gasteiger partial charge in [0.25, 0.3) is 5.24 Å². The Hall–Kier alpha value is -0.790. The highest BCUT2D eigenvalue weighted by molar-refractivity contribution is 8.14. The first-order valence-corrected chi connectivity index (χ1v) is 29.8. The minimum atomic E-state index is -0.504. The Labute approximate surface area is 418 Å². The van der Waals surface area contributed by atoms with Crippen molar-refractivity contribution in [3.63, 3.8) is 0 Å². The second kappa shape index (κ2) is 41.9. The molecule has 0 aromatic heterocycles. The largest absolute Gasteiger partial charge is 0.379 e. The van der Waals surface area contributed by atoms with E-state index in [4.69, 9.17) is 9.47 Å². The number of nitrogens with one attached hydrogen (secondary N) is 2. The van der Waals surface area contributed by atoms with Gasteiger partial charge in [0, 0.05) is 30.9 Å². The number of unbranched alkanes of at least 4 members (excludes halogenated alkanes) is 31. The Balaban J connectivity index is 4.85. The Bertz CT molecular complexity index is 1110. The van der Waals surface area contributed by atoms with Gasteiger partial charge in [0.05, 0.1) is 17.8 Å². The van der Waals surface area contributed by atoms with E-state index in [1.54, 1.807) is 7.11 Å². The molecule has 0 rings (SSSR count). The highest BCUT2D eigenvalue weighted by Gasteiger charge is 2.40. The molecule has 6 nitrogen and oxygen atoms in total. The molecule has 0 aromatic carbocycles. The van der Waals surface area contributed by atoms with Gasteiger partial charge in [-0.1, -0.05) is 259 Å². The third kappa shape index (κ3) is 40.0. The maximum Gasteiger partial charge on any atom is 0.279 e. The summed E-state index contributed by atoms with van der Waals surface area (Å²) in [6, 6.07) is 0. The average Bonchev–Trinajstić information content (AvgIpc) is 3.26. The monoisotopic (exact) mass is 951 g/mol. The van der Waals surface area contributed by atoms with Gasteiger partial charge >= 0.3 is 0 Å². The lowest BCUT2D eigenvalue weighted by molar-refractivity contribution is -0.133. The molecule has 2 N–H and O–H groups in total. The van der Waals surface area contributed by atoms with Gasteiger partial charge in [-0.05, 0) is 71.6 Å². The van der Waals surface area contributed by atoms with E-state index in [1.165, 1.54) is 211 Å².